The van der Waals surface area contributed by atoms with Gasteiger partial charge in [0.2, 0.25) is 11.8 Å². The number of nitrogens with one attached hydrogen (secondary N) is 1. The summed E-state index contributed by atoms with van der Waals surface area (Å²) in [5, 5.41) is 2.70. The van der Waals surface area contributed by atoms with Crippen LogP contribution in [0.15, 0.2) is 30.5 Å². The molecule has 35 heavy (non-hydrogen) atoms. The standard InChI is InChI=1S/C27H34F3N3O2/c1-25-12-10-20-18(6-8-21-26(20,2)13-11-24(35)33(21)3)19(25)7-4-16(25)14-23(34)32-22-9-5-17(15-31-22)27(28,29)30/h5,9,11,13,15-16,18-21H,4,6-8,10,12,14H2,1-3H3,(H,31,32,34)/t16-,18+,19+,20+,21-,25-,26-/m1/s1. The van der Waals surface area contributed by atoms with Crippen LogP contribution >= 0.6 is 0 Å². The van der Waals surface area contributed by atoms with E-state index in [2.05, 4.69) is 30.2 Å². The minimum absolute atomic E-state index is 0.00336. The monoisotopic (exact) mass is 489 g/mol. The number of halogens is 3. The van der Waals surface area contributed by atoms with Gasteiger partial charge in [-0.05, 0) is 85.8 Å². The molecule has 2 heterocycles. The van der Waals surface area contributed by atoms with E-state index in [-0.39, 0.29) is 40.4 Å². The van der Waals surface area contributed by atoms with Gasteiger partial charge in [0.15, 0.2) is 0 Å². The van der Waals surface area contributed by atoms with Crippen LogP contribution in [0.3, 0.4) is 0 Å². The van der Waals surface area contributed by atoms with Crippen LogP contribution in [0.2, 0.25) is 0 Å². The van der Waals surface area contributed by atoms with Gasteiger partial charge in [-0.1, -0.05) is 19.9 Å². The van der Waals surface area contributed by atoms with Crippen LogP contribution in [-0.4, -0.2) is 34.8 Å². The second-order valence-electron chi connectivity index (χ2n) is 11.6. The van der Waals surface area contributed by atoms with Crippen molar-refractivity contribution in [1.29, 1.82) is 0 Å². The Labute approximate surface area is 204 Å². The fraction of sp³-hybridized carbons (Fsp3) is 0.667. The van der Waals surface area contributed by atoms with E-state index < -0.39 is 11.7 Å². The van der Waals surface area contributed by atoms with Gasteiger partial charge in [-0.15, -0.1) is 0 Å². The van der Waals surface area contributed by atoms with Gasteiger partial charge in [0.05, 0.1) is 5.56 Å². The lowest BCUT2D eigenvalue weighted by atomic mass is 9.47. The summed E-state index contributed by atoms with van der Waals surface area (Å²) in [6.45, 7) is 4.67. The van der Waals surface area contributed by atoms with E-state index in [1.165, 1.54) is 6.07 Å². The summed E-state index contributed by atoms with van der Waals surface area (Å²) in [4.78, 5) is 30.8. The highest BCUT2D eigenvalue weighted by atomic mass is 19.4. The van der Waals surface area contributed by atoms with Crippen molar-refractivity contribution in [2.24, 2.45) is 34.5 Å². The molecule has 0 aromatic carbocycles. The number of carbonyl (C=O) groups is 2. The predicted octanol–water partition coefficient (Wildman–Crippen LogP) is 5.68. The third-order valence-electron chi connectivity index (χ3n) is 10.1. The Balaban J connectivity index is 1.27. The summed E-state index contributed by atoms with van der Waals surface area (Å²) in [6.07, 6.45) is 6.98. The number of rotatable bonds is 3. The van der Waals surface area contributed by atoms with Gasteiger partial charge in [0.25, 0.3) is 0 Å². The zero-order valence-corrected chi connectivity index (χ0v) is 20.6. The van der Waals surface area contributed by atoms with Crippen LogP contribution in [0.25, 0.3) is 0 Å². The number of nitrogens with zero attached hydrogens (tertiary/aromatic N) is 2. The number of hydrogen-bond donors (Lipinski definition) is 1. The summed E-state index contributed by atoms with van der Waals surface area (Å²) >= 11 is 0. The van der Waals surface area contributed by atoms with E-state index in [1.807, 2.05) is 11.9 Å². The van der Waals surface area contributed by atoms with E-state index >= 15 is 0 Å². The number of carbonyl (C=O) groups excluding carboxylic acids is 2. The molecule has 0 bridgehead atoms. The average molecular weight is 490 g/mol. The fourth-order valence-electron chi connectivity index (χ4n) is 8.24. The summed E-state index contributed by atoms with van der Waals surface area (Å²) in [6, 6.07) is 2.41. The number of pyridine rings is 1. The van der Waals surface area contributed by atoms with Crippen LogP contribution in [0, 0.1) is 34.5 Å². The van der Waals surface area contributed by atoms with Crippen molar-refractivity contribution in [1.82, 2.24) is 9.88 Å². The lowest BCUT2D eigenvalue weighted by molar-refractivity contribution is -0.139. The van der Waals surface area contributed by atoms with E-state index in [9.17, 15) is 22.8 Å². The lowest BCUT2D eigenvalue weighted by Crippen LogP contribution is -2.59. The first-order valence-corrected chi connectivity index (χ1v) is 12.7. The molecule has 0 spiro atoms. The number of anilines is 1. The molecule has 1 N–H and O–H groups in total. The lowest BCUT2D eigenvalue weighted by Gasteiger charge is -2.60. The SMILES string of the molecule is CN1C(=O)C=C[C@]2(C)[C@H]3CC[C@]4(C)[C@@H](CC(=O)Nc5ccc(C(F)(F)F)cn5)CC[C@H]4[C@@H]3CC[C@@H]12. The molecular weight excluding hydrogens is 455 g/mol. The molecule has 190 valence electrons. The predicted molar refractivity (Wildman–Crippen MR) is 126 cm³/mol. The smallest absolute Gasteiger partial charge is 0.338 e. The molecule has 3 aliphatic carbocycles. The maximum absolute atomic E-state index is 12.8. The Hall–Kier alpha value is -2.38. The largest absolute Gasteiger partial charge is 0.417 e. The average Bonchev–Trinajstić information content (AvgIpc) is 3.12. The molecule has 2 amide bonds. The van der Waals surface area contributed by atoms with Gasteiger partial charge in [-0.2, -0.15) is 13.2 Å². The highest BCUT2D eigenvalue weighted by Crippen LogP contribution is 2.66. The van der Waals surface area contributed by atoms with E-state index in [0.717, 1.165) is 50.8 Å². The van der Waals surface area contributed by atoms with Gasteiger partial charge >= 0.3 is 6.18 Å². The third-order valence-corrected chi connectivity index (χ3v) is 10.1. The van der Waals surface area contributed by atoms with Crippen LogP contribution in [0.1, 0.15) is 64.4 Å². The maximum Gasteiger partial charge on any atom is 0.417 e. The Morgan fingerprint density at radius 3 is 2.60 bits per heavy atom. The van der Waals surface area contributed by atoms with Crippen molar-refractivity contribution in [3.8, 4) is 0 Å². The maximum atomic E-state index is 12.8. The van der Waals surface area contributed by atoms with Crippen molar-refractivity contribution in [2.45, 2.75) is 71.0 Å². The summed E-state index contributed by atoms with van der Waals surface area (Å²) < 4.78 is 38.3. The molecule has 0 saturated heterocycles. The van der Waals surface area contributed by atoms with Gasteiger partial charge < -0.3 is 10.2 Å². The fourth-order valence-corrected chi connectivity index (χ4v) is 8.24. The van der Waals surface area contributed by atoms with Crippen LogP contribution in [0.4, 0.5) is 19.0 Å². The molecule has 3 saturated carbocycles. The quantitative estimate of drug-likeness (QED) is 0.594. The second kappa shape index (κ2) is 8.34. The van der Waals surface area contributed by atoms with Gasteiger partial charge in [0, 0.05) is 31.1 Å². The molecule has 1 aromatic heterocycles. The number of alkyl halides is 3. The number of aromatic nitrogens is 1. The van der Waals surface area contributed by atoms with E-state index in [4.69, 9.17) is 0 Å². The number of likely N-dealkylation sites (N-methyl/N-ethyl adjacent to an activating group) is 1. The molecule has 5 rings (SSSR count). The minimum Gasteiger partial charge on any atom is -0.338 e. The zero-order chi connectivity index (χ0) is 25.2. The molecule has 8 heteroatoms. The second-order valence-corrected chi connectivity index (χ2v) is 11.6. The molecule has 0 unspecified atom stereocenters. The van der Waals surface area contributed by atoms with E-state index in [0.29, 0.717) is 24.2 Å². The molecule has 1 aliphatic heterocycles. The van der Waals surface area contributed by atoms with Crippen LogP contribution in [0.5, 0.6) is 0 Å². The first kappa shape index (κ1) is 24.3. The number of amides is 2. The minimum atomic E-state index is -4.45. The van der Waals surface area contributed by atoms with Crippen molar-refractivity contribution >= 4 is 17.6 Å². The van der Waals surface area contributed by atoms with Crippen molar-refractivity contribution in [3.63, 3.8) is 0 Å². The van der Waals surface area contributed by atoms with E-state index in [1.54, 1.807) is 6.08 Å². The highest BCUT2D eigenvalue weighted by Gasteiger charge is 2.60. The van der Waals surface area contributed by atoms with Crippen LogP contribution < -0.4 is 5.32 Å². The Kier molecular flexibility index (Phi) is 5.80. The molecule has 1 aromatic rings. The molecule has 7 atom stereocenters. The Morgan fingerprint density at radius 2 is 1.91 bits per heavy atom. The van der Waals surface area contributed by atoms with Gasteiger partial charge in [-0.25, -0.2) is 4.98 Å². The number of hydrogen-bond acceptors (Lipinski definition) is 3. The number of fused-ring (bicyclic) bond motifs is 5. The Morgan fingerprint density at radius 1 is 1.14 bits per heavy atom. The van der Waals surface area contributed by atoms with Gasteiger partial charge in [0.1, 0.15) is 5.82 Å². The molecular formula is C27H34F3N3O2. The summed E-state index contributed by atoms with van der Waals surface area (Å²) in [5.74, 6) is 2.00. The zero-order valence-electron chi connectivity index (χ0n) is 20.6. The first-order valence-electron chi connectivity index (χ1n) is 12.7. The summed E-state index contributed by atoms with van der Waals surface area (Å²) in [5.41, 5.74) is -0.753. The topological polar surface area (TPSA) is 62.3 Å². The molecule has 3 fully saturated rings. The Bertz CT molecular complexity index is 1040. The van der Waals surface area contributed by atoms with Crippen molar-refractivity contribution in [3.05, 3.63) is 36.0 Å². The normalized spacial score (nSPS) is 38.5. The summed E-state index contributed by atoms with van der Waals surface area (Å²) in [7, 11) is 1.93. The first-order chi connectivity index (χ1) is 16.4. The van der Waals surface area contributed by atoms with Crippen LogP contribution in [-0.2, 0) is 15.8 Å². The van der Waals surface area contributed by atoms with Gasteiger partial charge in [-0.3, -0.25) is 9.59 Å². The molecule has 5 nitrogen and oxygen atoms in total. The van der Waals surface area contributed by atoms with Crippen molar-refractivity contribution in [2.75, 3.05) is 12.4 Å². The highest BCUT2D eigenvalue weighted by molar-refractivity contribution is 5.90. The molecule has 4 aliphatic rings. The van der Waals surface area contributed by atoms with Crippen molar-refractivity contribution < 1.29 is 22.8 Å². The molecule has 0 radical (unpaired) electrons. The third kappa shape index (κ3) is 3.97.